The van der Waals surface area contributed by atoms with E-state index >= 15 is 0 Å². The van der Waals surface area contributed by atoms with Gasteiger partial charge in [-0.1, -0.05) is 0 Å². The zero-order chi connectivity index (χ0) is 12.3. The Hall–Kier alpha value is -1.69. The van der Waals surface area contributed by atoms with Gasteiger partial charge in [-0.3, -0.25) is 0 Å². The van der Waals surface area contributed by atoms with E-state index in [-0.39, 0.29) is 11.8 Å². The highest BCUT2D eigenvalue weighted by Crippen LogP contribution is 2.15. The number of anilines is 1. The number of likely N-dealkylation sites (N-methyl/N-ethyl adjacent to an activating group) is 1. The van der Waals surface area contributed by atoms with E-state index in [4.69, 9.17) is 9.84 Å². The summed E-state index contributed by atoms with van der Waals surface area (Å²) in [6.45, 7) is 1.57. The lowest BCUT2D eigenvalue weighted by Crippen LogP contribution is -2.29. The van der Waals surface area contributed by atoms with Crippen LogP contribution >= 0.6 is 0 Å². The van der Waals surface area contributed by atoms with Crippen molar-refractivity contribution in [1.29, 1.82) is 0 Å². The smallest absolute Gasteiger partial charge is 0.356 e. The molecule has 1 fully saturated rings. The summed E-state index contributed by atoms with van der Waals surface area (Å²) in [7, 11) is 1.89. The average molecular weight is 237 g/mol. The number of aromatic nitrogens is 2. The first kappa shape index (κ1) is 11.8. The van der Waals surface area contributed by atoms with E-state index in [0.29, 0.717) is 5.82 Å². The fraction of sp³-hybridized carbons (Fsp3) is 0.545. The van der Waals surface area contributed by atoms with Crippen LogP contribution in [-0.4, -0.2) is 47.3 Å². The van der Waals surface area contributed by atoms with Crippen LogP contribution in [0.5, 0.6) is 0 Å². The fourth-order valence-corrected chi connectivity index (χ4v) is 1.82. The minimum atomic E-state index is -1.06. The zero-order valence-corrected chi connectivity index (χ0v) is 9.67. The normalized spacial score (nSPS) is 19.2. The van der Waals surface area contributed by atoms with E-state index in [0.717, 1.165) is 26.0 Å². The van der Waals surface area contributed by atoms with Crippen LogP contribution in [0.1, 0.15) is 23.3 Å². The second-order valence-electron chi connectivity index (χ2n) is 4.08. The monoisotopic (exact) mass is 237 g/mol. The maximum atomic E-state index is 10.6. The minimum absolute atomic E-state index is 0.0423. The third-order valence-corrected chi connectivity index (χ3v) is 2.75. The summed E-state index contributed by atoms with van der Waals surface area (Å²) >= 11 is 0. The van der Waals surface area contributed by atoms with E-state index in [1.807, 2.05) is 11.9 Å². The Kier molecular flexibility index (Phi) is 3.53. The van der Waals surface area contributed by atoms with Crippen molar-refractivity contribution in [2.24, 2.45) is 0 Å². The molecule has 6 nitrogen and oxygen atoms in total. The van der Waals surface area contributed by atoms with Crippen LogP contribution < -0.4 is 4.90 Å². The van der Waals surface area contributed by atoms with Gasteiger partial charge in [0.05, 0.1) is 18.5 Å². The lowest BCUT2D eigenvalue weighted by Gasteiger charge is -2.21. The summed E-state index contributed by atoms with van der Waals surface area (Å²) in [6, 6.07) is 0. The van der Waals surface area contributed by atoms with Crippen LogP contribution in [0.25, 0.3) is 0 Å². The van der Waals surface area contributed by atoms with E-state index in [9.17, 15) is 4.79 Å². The first-order valence-corrected chi connectivity index (χ1v) is 5.55. The highest BCUT2D eigenvalue weighted by atomic mass is 16.5. The molecule has 1 aliphatic rings. The molecule has 92 valence electrons. The van der Waals surface area contributed by atoms with Crippen LogP contribution in [0.2, 0.25) is 0 Å². The summed E-state index contributed by atoms with van der Waals surface area (Å²) in [5.41, 5.74) is -0.0423. The Morgan fingerprint density at radius 2 is 2.41 bits per heavy atom. The van der Waals surface area contributed by atoms with Gasteiger partial charge in [0, 0.05) is 20.2 Å². The standard InChI is InChI=1S/C11H15N3O3/c1-14(7-8-3-2-4-17-8)10-6-12-9(5-13-10)11(15)16/h5-6,8H,2-4,7H2,1H3,(H,15,16)/t8-/m1/s1. The number of carboxylic acid groups (broad SMARTS) is 1. The molecule has 17 heavy (non-hydrogen) atoms. The van der Waals surface area contributed by atoms with Crippen LogP contribution in [-0.2, 0) is 4.74 Å². The Morgan fingerprint density at radius 1 is 1.59 bits per heavy atom. The summed E-state index contributed by atoms with van der Waals surface area (Å²) in [5.74, 6) is -0.406. The Balaban J connectivity index is 1.98. The van der Waals surface area contributed by atoms with Crippen molar-refractivity contribution in [2.45, 2.75) is 18.9 Å². The highest BCUT2D eigenvalue weighted by Gasteiger charge is 2.18. The minimum Gasteiger partial charge on any atom is -0.476 e. The van der Waals surface area contributed by atoms with Gasteiger partial charge in [-0.05, 0) is 12.8 Å². The molecule has 1 N–H and O–H groups in total. The van der Waals surface area contributed by atoms with Gasteiger partial charge in [0.2, 0.25) is 0 Å². The number of carbonyl (C=O) groups is 1. The van der Waals surface area contributed by atoms with Crippen LogP contribution in [0.3, 0.4) is 0 Å². The quantitative estimate of drug-likeness (QED) is 0.834. The molecule has 1 atom stereocenters. The molecule has 6 heteroatoms. The predicted molar refractivity (Wildman–Crippen MR) is 61.2 cm³/mol. The van der Waals surface area contributed by atoms with Gasteiger partial charge < -0.3 is 14.7 Å². The van der Waals surface area contributed by atoms with Crippen molar-refractivity contribution in [3.63, 3.8) is 0 Å². The third kappa shape index (κ3) is 2.91. The van der Waals surface area contributed by atoms with Gasteiger partial charge in [-0.25, -0.2) is 14.8 Å². The first-order valence-electron chi connectivity index (χ1n) is 5.55. The number of ether oxygens (including phenoxy) is 1. The van der Waals surface area contributed by atoms with Crippen molar-refractivity contribution < 1.29 is 14.6 Å². The number of aromatic carboxylic acids is 1. The molecule has 0 amide bonds. The molecule has 0 saturated carbocycles. The first-order chi connectivity index (χ1) is 8.16. The van der Waals surface area contributed by atoms with Crippen molar-refractivity contribution in [3.8, 4) is 0 Å². The number of rotatable bonds is 4. The molecule has 2 rings (SSSR count). The average Bonchev–Trinajstić information content (AvgIpc) is 2.82. The van der Waals surface area contributed by atoms with Gasteiger partial charge in [0.15, 0.2) is 5.69 Å². The SMILES string of the molecule is CN(C[C@H]1CCCO1)c1cnc(C(=O)O)cn1. The highest BCUT2D eigenvalue weighted by molar-refractivity contribution is 5.84. The lowest BCUT2D eigenvalue weighted by atomic mass is 10.2. The Morgan fingerprint density at radius 3 is 2.94 bits per heavy atom. The molecule has 0 aromatic carbocycles. The van der Waals surface area contributed by atoms with Gasteiger partial charge >= 0.3 is 5.97 Å². The number of hydrogen-bond acceptors (Lipinski definition) is 5. The molecule has 1 saturated heterocycles. The number of hydrogen-bond donors (Lipinski definition) is 1. The van der Waals surface area contributed by atoms with Gasteiger partial charge in [0.25, 0.3) is 0 Å². The molecular weight excluding hydrogens is 222 g/mol. The van der Waals surface area contributed by atoms with Gasteiger partial charge in [-0.15, -0.1) is 0 Å². The second-order valence-corrected chi connectivity index (χ2v) is 4.08. The largest absolute Gasteiger partial charge is 0.476 e. The maximum Gasteiger partial charge on any atom is 0.356 e. The zero-order valence-electron chi connectivity index (χ0n) is 9.67. The molecule has 0 unspecified atom stereocenters. The Labute approximate surface area is 99.2 Å². The van der Waals surface area contributed by atoms with Crippen LogP contribution in [0, 0.1) is 0 Å². The van der Waals surface area contributed by atoms with E-state index in [1.165, 1.54) is 12.4 Å². The van der Waals surface area contributed by atoms with E-state index in [1.54, 1.807) is 0 Å². The molecular formula is C11H15N3O3. The predicted octanol–water partition coefficient (Wildman–Crippen LogP) is 0.790. The third-order valence-electron chi connectivity index (χ3n) is 2.75. The maximum absolute atomic E-state index is 10.6. The van der Waals surface area contributed by atoms with Crippen LogP contribution in [0.15, 0.2) is 12.4 Å². The lowest BCUT2D eigenvalue weighted by molar-refractivity contribution is 0.0690. The molecule has 0 aliphatic carbocycles. The molecule has 0 radical (unpaired) electrons. The fourth-order valence-electron chi connectivity index (χ4n) is 1.82. The van der Waals surface area contributed by atoms with Crippen molar-refractivity contribution in [2.75, 3.05) is 25.1 Å². The van der Waals surface area contributed by atoms with Gasteiger partial charge in [0.1, 0.15) is 5.82 Å². The molecule has 1 aromatic rings. The summed E-state index contributed by atoms with van der Waals surface area (Å²) < 4.78 is 5.52. The molecule has 1 aliphatic heterocycles. The Bertz CT molecular complexity index is 387. The molecule has 1 aromatic heterocycles. The van der Waals surface area contributed by atoms with E-state index in [2.05, 4.69) is 9.97 Å². The van der Waals surface area contributed by atoms with E-state index < -0.39 is 5.97 Å². The topological polar surface area (TPSA) is 75.5 Å². The van der Waals surface area contributed by atoms with Gasteiger partial charge in [-0.2, -0.15) is 0 Å². The summed E-state index contributed by atoms with van der Waals surface area (Å²) in [4.78, 5) is 20.4. The van der Waals surface area contributed by atoms with Crippen molar-refractivity contribution >= 4 is 11.8 Å². The molecule has 0 spiro atoms. The summed E-state index contributed by atoms with van der Waals surface area (Å²) in [5, 5.41) is 8.71. The summed E-state index contributed by atoms with van der Waals surface area (Å²) in [6.07, 6.45) is 5.13. The van der Waals surface area contributed by atoms with Crippen molar-refractivity contribution in [3.05, 3.63) is 18.1 Å². The van der Waals surface area contributed by atoms with Crippen molar-refractivity contribution in [1.82, 2.24) is 9.97 Å². The molecule has 2 heterocycles. The molecule has 0 bridgehead atoms. The second kappa shape index (κ2) is 5.09. The van der Waals surface area contributed by atoms with Crippen LogP contribution in [0.4, 0.5) is 5.82 Å². The number of nitrogens with zero attached hydrogens (tertiary/aromatic N) is 3. The number of carboxylic acids is 1.